The summed E-state index contributed by atoms with van der Waals surface area (Å²) in [6, 6.07) is 19.7. The number of rotatable bonds is 5. The van der Waals surface area contributed by atoms with E-state index < -0.39 is 10.0 Å². The van der Waals surface area contributed by atoms with E-state index in [0.717, 1.165) is 17.0 Å². The Hall–Kier alpha value is -2.42. The fraction of sp³-hybridized carbons (Fsp3) is 0. The molecule has 8 heteroatoms. The van der Waals surface area contributed by atoms with E-state index in [2.05, 4.69) is 15.4 Å². The topological polar surface area (TPSA) is 70.2 Å². The van der Waals surface area contributed by atoms with E-state index in [1.165, 1.54) is 0 Å². The average molecular weight is 390 g/mol. The maximum absolute atomic E-state index is 12.4. The third-order valence-corrected chi connectivity index (χ3v) is 6.18. The lowest BCUT2D eigenvalue weighted by Gasteiger charge is -2.15. The second-order valence-electron chi connectivity index (χ2n) is 5.03. The molecule has 0 saturated heterocycles. The molecule has 0 aliphatic heterocycles. The molecule has 3 aromatic rings. The molecule has 0 atom stereocenters. The summed E-state index contributed by atoms with van der Waals surface area (Å²) in [7, 11) is -3.62. The number of benzene rings is 2. The van der Waals surface area contributed by atoms with Crippen molar-refractivity contribution in [2.45, 2.75) is 4.21 Å². The number of thiocarbonyl (C=S) groups is 1. The van der Waals surface area contributed by atoms with Gasteiger partial charge in [-0.05, 0) is 47.9 Å². The highest BCUT2D eigenvalue weighted by molar-refractivity contribution is 7.94. The minimum Gasteiger partial charge on any atom is -0.332 e. The van der Waals surface area contributed by atoms with Crippen LogP contribution in [-0.2, 0) is 10.0 Å². The van der Waals surface area contributed by atoms with Crippen LogP contribution in [0.1, 0.15) is 0 Å². The normalized spacial score (nSPS) is 10.9. The van der Waals surface area contributed by atoms with Gasteiger partial charge in [0.2, 0.25) is 0 Å². The van der Waals surface area contributed by atoms with Crippen LogP contribution in [0.4, 0.5) is 17.1 Å². The second-order valence-corrected chi connectivity index (χ2v) is 8.29. The van der Waals surface area contributed by atoms with Gasteiger partial charge in [-0.25, -0.2) is 8.42 Å². The van der Waals surface area contributed by atoms with Crippen molar-refractivity contribution in [2.24, 2.45) is 0 Å². The Bertz CT molecular complexity index is 956. The number of sulfonamides is 1. The Morgan fingerprint density at radius 1 is 0.840 bits per heavy atom. The first-order valence-electron chi connectivity index (χ1n) is 7.33. The van der Waals surface area contributed by atoms with Crippen LogP contribution in [0.3, 0.4) is 0 Å². The molecule has 0 saturated carbocycles. The van der Waals surface area contributed by atoms with E-state index >= 15 is 0 Å². The predicted octanol–water partition coefficient (Wildman–Crippen LogP) is 4.36. The molecule has 0 unspecified atom stereocenters. The van der Waals surface area contributed by atoms with E-state index in [4.69, 9.17) is 12.2 Å². The second kappa shape index (κ2) is 7.64. The van der Waals surface area contributed by atoms with Crippen LogP contribution in [0.25, 0.3) is 0 Å². The lowest BCUT2D eigenvalue weighted by molar-refractivity contribution is 0.603. The van der Waals surface area contributed by atoms with Gasteiger partial charge >= 0.3 is 0 Å². The first-order valence-corrected chi connectivity index (χ1v) is 10.1. The number of thiophene rings is 1. The maximum Gasteiger partial charge on any atom is 0.271 e. The Balaban J connectivity index is 1.76. The van der Waals surface area contributed by atoms with Gasteiger partial charge in [0.05, 0.1) is 11.4 Å². The SMILES string of the molecule is O=S(=O)(Nc1ccccc1NC(=S)Nc1ccccc1)c1cccs1. The van der Waals surface area contributed by atoms with Gasteiger partial charge < -0.3 is 10.6 Å². The third kappa shape index (κ3) is 4.56. The monoisotopic (exact) mass is 389 g/mol. The minimum atomic E-state index is -3.62. The van der Waals surface area contributed by atoms with E-state index in [1.807, 2.05) is 30.3 Å². The summed E-state index contributed by atoms with van der Waals surface area (Å²) in [5, 5.41) is 8.17. The summed E-state index contributed by atoms with van der Waals surface area (Å²) >= 11 is 6.46. The molecule has 0 radical (unpaired) electrons. The fourth-order valence-electron chi connectivity index (χ4n) is 2.10. The summed E-state index contributed by atoms with van der Waals surface area (Å²) in [5.74, 6) is 0. The highest BCUT2D eigenvalue weighted by Crippen LogP contribution is 2.26. The highest BCUT2D eigenvalue weighted by Gasteiger charge is 2.17. The zero-order valence-electron chi connectivity index (χ0n) is 13.0. The molecule has 1 heterocycles. The van der Waals surface area contributed by atoms with Crippen molar-refractivity contribution in [3.05, 3.63) is 72.1 Å². The molecule has 0 spiro atoms. The Morgan fingerprint density at radius 3 is 2.20 bits per heavy atom. The Kier molecular flexibility index (Phi) is 5.32. The lowest BCUT2D eigenvalue weighted by Crippen LogP contribution is -2.20. The molecule has 0 aliphatic carbocycles. The first kappa shape index (κ1) is 17.4. The largest absolute Gasteiger partial charge is 0.332 e. The number of hydrogen-bond acceptors (Lipinski definition) is 4. The lowest BCUT2D eigenvalue weighted by atomic mass is 10.3. The fourth-order valence-corrected chi connectivity index (χ4v) is 4.40. The van der Waals surface area contributed by atoms with Crippen molar-refractivity contribution in [3.8, 4) is 0 Å². The van der Waals surface area contributed by atoms with Gasteiger partial charge in [-0.2, -0.15) is 0 Å². The van der Waals surface area contributed by atoms with Gasteiger partial charge in [0.25, 0.3) is 10.0 Å². The van der Waals surface area contributed by atoms with Gasteiger partial charge in [0.15, 0.2) is 5.11 Å². The molecule has 0 bridgehead atoms. The molecule has 0 amide bonds. The molecule has 128 valence electrons. The molecule has 3 rings (SSSR count). The van der Waals surface area contributed by atoms with E-state index in [1.54, 1.807) is 41.8 Å². The summed E-state index contributed by atoms with van der Waals surface area (Å²) in [6.45, 7) is 0. The molecule has 0 aliphatic rings. The number of nitrogens with one attached hydrogen (secondary N) is 3. The van der Waals surface area contributed by atoms with Crippen LogP contribution in [0.15, 0.2) is 76.3 Å². The van der Waals surface area contributed by atoms with Crippen molar-refractivity contribution in [2.75, 3.05) is 15.4 Å². The highest BCUT2D eigenvalue weighted by atomic mass is 32.2. The first-order chi connectivity index (χ1) is 12.0. The van der Waals surface area contributed by atoms with E-state index in [0.29, 0.717) is 16.5 Å². The summed E-state index contributed by atoms with van der Waals surface area (Å²) in [4.78, 5) is 0. The van der Waals surface area contributed by atoms with Crippen molar-refractivity contribution in [1.29, 1.82) is 0 Å². The summed E-state index contributed by atoms with van der Waals surface area (Å²) in [6.07, 6.45) is 0. The van der Waals surface area contributed by atoms with Crippen LogP contribution < -0.4 is 15.4 Å². The zero-order chi connectivity index (χ0) is 17.7. The molecule has 3 N–H and O–H groups in total. The zero-order valence-corrected chi connectivity index (χ0v) is 15.4. The molecule has 2 aromatic carbocycles. The van der Waals surface area contributed by atoms with E-state index in [-0.39, 0.29) is 4.21 Å². The van der Waals surface area contributed by atoms with Gasteiger partial charge in [-0.1, -0.05) is 36.4 Å². The molecule has 5 nitrogen and oxygen atoms in total. The van der Waals surface area contributed by atoms with Crippen molar-refractivity contribution < 1.29 is 8.42 Å². The molecule has 0 fully saturated rings. The molecular weight excluding hydrogens is 374 g/mol. The van der Waals surface area contributed by atoms with Crippen molar-refractivity contribution in [3.63, 3.8) is 0 Å². The van der Waals surface area contributed by atoms with Gasteiger partial charge in [0.1, 0.15) is 4.21 Å². The number of hydrogen-bond donors (Lipinski definition) is 3. The minimum absolute atomic E-state index is 0.257. The van der Waals surface area contributed by atoms with Crippen LogP contribution in [0.5, 0.6) is 0 Å². The molecular formula is C17H15N3O2S3. The van der Waals surface area contributed by atoms with Gasteiger partial charge in [-0.3, -0.25) is 4.72 Å². The maximum atomic E-state index is 12.4. The summed E-state index contributed by atoms with van der Waals surface area (Å²) in [5.41, 5.74) is 1.83. The third-order valence-electron chi connectivity index (χ3n) is 3.21. The quantitative estimate of drug-likeness (QED) is 0.566. The van der Waals surface area contributed by atoms with Crippen LogP contribution in [-0.4, -0.2) is 13.5 Å². The van der Waals surface area contributed by atoms with E-state index in [9.17, 15) is 8.42 Å². The molecule has 25 heavy (non-hydrogen) atoms. The van der Waals surface area contributed by atoms with Crippen LogP contribution >= 0.6 is 23.6 Å². The average Bonchev–Trinajstić information content (AvgIpc) is 3.13. The smallest absolute Gasteiger partial charge is 0.271 e. The Labute approximate surface area is 155 Å². The predicted molar refractivity (Wildman–Crippen MR) is 108 cm³/mol. The van der Waals surface area contributed by atoms with Crippen LogP contribution in [0, 0.1) is 0 Å². The van der Waals surface area contributed by atoms with Gasteiger partial charge in [-0.15, -0.1) is 11.3 Å². The summed E-state index contributed by atoms with van der Waals surface area (Å²) < 4.78 is 27.7. The standard InChI is InChI=1S/C17H15N3O2S3/c21-25(22,16-11-6-12-24-16)20-15-10-5-4-9-14(15)19-17(23)18-13-7-2-1-3-8-13/h1-12,20H,(H2,18,19,23). The Morgan fingerprint density at radius 2 is 1.52 bits per heavy atom. The number of para-hydroxylation sites is 3. The van der Waals surface area contributed by atoms with Crippen molar-refractivity contribution in [1.82, 2.24) is 0 Å². The van der Waals surface area contributed by atoms with Crippen molar-refractivity contribution >= 4 is 55.8 Å². The van der Waals surface area contributed by atoms with Gasteiger partial charge in [0, 0.05) is 5.69 Å². The molecule has 1 aromatic heterocycles. The van der Waals surface area contributed by atoms with Crippen LogP contribution in [0.2, 0.25) is 0 Å². The number of anilines is 3.